The van der Waals surface area contributed by atoms with Gasteiger partial charge >= 0.3 is 0 Å². The number of halogens is 2. The number of hydrazone groups is 1. The van der Waals surface area contributed by atoms with Crippen LogP contribution in [-0.4, -0.2) is 21.2 Å². The lowest BCUT2D eigenvalue weighted by molar-refractivity contribution is 0.305. The van der Waals surface area contributed by atoms with Gasteiger partial charge in [-0.05, 0) is 60.2 Å². The molecule has 39 heavy (non-hydrogen) atoms. The zero-order chi connectivity index (χ0) is 26.9. The van der Waals surface area contributed by atoms with Crippen LogP contribution in [0.2, 0.25) is 0 Å². The minimum Gasteiger partial charge on any atom is -0.488 e. The second-order valence-electron chi connectivity index (χ2n) is 8.26. The predicted molar refractivity (Wildman–Crippen MR) is 155 cm³/mol. The van der Waals surface area contributed by atoms with Crippen LogP contribution in [0.3, 0.4) is 0 Å². The van der Waals surface area contributed by atoms with Crippen molar-refractivity contribution in [3.63, 3.8) is 0 Å². The van der Waals surface area contributed by atoms with Gasteiger partial charge in [-0.1, -0.05) is 64.5 Å². The van der Waals surface area contributed by atoms with Crippen LogP contribution in [0.5, 0.6) is 5.75 Å². The third kappa shape index (κ3) is 7.59. The number of nitrogens with zero attached hydrogens (tertiary/aromatic N) is 4. The van der Waals surface area contributed by atoms with Crippen LogP contribution in [0.25, 0.3) is 0 Å². The molecule has 5 rings (SSSR count). The number of anilines is 5. The van der Waals surface area contributed by atoms with Crippen molar-refractivity contribution in [2.45, 2.75) is 6.61 Å². The SMILES string of the molecule is Fc1ccc(COc2ccc(Br)cc2/C=N\Nc2nc(Nc3ccccc3)nc(Nc3ccccc3)n2)cc1. The Hall–Kier alpha value is -4.83. The average Bonchev–Trinajstić information content (AvgIpc) is 2.94. The van der Waals surface area contributed by atoms with Gasteiger partial charge in [-0.3, -0.25) is 0 Å². The van der Waals surface area contributed by atoms with Crippen molar-refractivity contribution in [2.75, 3.05) is 16.1 Å². The van der Waals surface area contributed by atoms with E-state index < -0.39 is 0 Å². The molecule has 10 heteroatoms. The smallest absolute Gasteiger partial charge is 0.250 e. The topological polar surface area (TPSA) is 96.4 Å². The third-order valence-electron chi connectivity index (χ3n) is 5.34. The Morgan fingerprint density at radius 1 is 0.744 bits per heavy atom. The molecule has 0 fully saturated rings. The van der Waals surface area contributed by atoms with Crippen LogP contribution in [-0.2, 0) is 6.61 Å². The molecule has 0 saturated heterocycles. The molecule has 0 radical (unpaired) electrons. The molecule has 5 aromatic rings. The first kappa shape index (κ1) is 25.8. The van der Waals surface area contributed by atoms with Crippen LogP contribution >= 0.6 is 15.9 Å². The van der Waals surface area contributed by atoms with E-state index in [1.54, 1.807) is 18.3 Å². The number of benzene rings is 4. The fraction of sp³-hybridized carbons (Fsp3) is 0.0345. The molecule has 0 saturated carbocycles. The Labute approximate surface area is 233 Å². The molecule has 0 bridgehead atoms. The largest absolute Gasteiger partial charge is 0.488 e. The second kappa shape index (κ2) is 12.6. The molecule has 0 amide bonds. The van der Waals surface area contributed by atoms with Crippen LogP contribution in [0.15, 0.2) is 113 Å². The Bertz CT molecular complexity index is 1490. The molecule has 0 spiro atoms. The summed E-state index contributed by atoms with van der Waals surface area (Å²) in [4.78, 5) is 13.4. The normalized spacial score (nSPS) is 10.8. The molecular formula is C29H23BrFN7O. The van der Waals surface area contributed by atoms with Gasteiger partial charge in [-0.2, -0.15) is 20.1 Å². The van der Waals surface area contributed by atoms with Crippen molar-refractivity contribution >= 4 is 51.4 Å². The van der Waals surface area contributed by atoms with E-state index in [1.807, 2.05) is 78.9 Å². The van der Waals surface area contributed by atoms with Gasteiger partial charge in [0, 0.05) is 21.4 Å². The number of rotatable bonds is 10. The first-order valence-corrected chi connectivity index (χ1v) is 12.8. The molecule has 194 valence electrons. The summed E-state index contributed by atoms with van der Waals surface area (Å²) in [5.41, 5.74) is 6.13. The maximum atomic E-state index is 13.2. The highest BCUT2D eigenvalue weighted by molar-refractivity contribution is 9.10. The number of hydrogen-bond donors (Lipinski definition) is 3. The summed E-state index contributed by atoms with van der Waals surface area (Å²) < 4.78 is 20.0. The first-order chi connectivity index (χ1) is 19.1. The van der Waals surface area contributed by atoms with Crippen molar-refractivity contribution < 1.29 is 9.13 Å². The summed E-state index contributed by atoms with van der Waals surface area (Å²) in [6.07, 6.45) is 1.61. The van der Waals surface area contributed by atoms with Crippen molar-refractivity contribution in [3.8, 4) is 5.75 Å². The number of hydrogen-bond acceptors (Lipinski definition) is 8. The fourth-order valence-corrected chi connectivity index (χ4v) is 3.87. The highest BCUT2D eigenvalue weighted by Crippen LogP contribution is 2.23. The van der Waals surface area contributed by atoms with Gasteiger partial charge in [0.15, 0.2) is 0 Å². The molecule has 3 N–H and O–H groups in total. The van der Waals surface area contributed by atoms with Crippen molar-refractivity contribution in [1.82, 2.24) is 15.0 Å². The van der Waals surface area contributed by atoms with Crippen molar-refractivity contribution in [1.29, 1.82) is 0 Å². The van der Waals surface area contributed by atoms with Crippen LogP contribution in [0.4, 0.5) is 33.6 Å². The van der Waals surface area contributed by atoms with Gasteiger partial charge in [0.25, 0.3) is 0 Å². The Morgan fingerprint density at radius 2 is 1.33 bits per heavy atom. The summed E-state index contributed by atoms with van der Waals surface area (Å²) in [5.74, 6) is 1.25. The molecule has 4 aromatic carbocycles. The minimum atomic E-state index is -0.288. The van der Waals surface area contributed by atoms with E-state index >= 15 is 0 Å². The quantitative estimate of drug-likeness (QED) is 0.117. The molecule has 0 atom stereocenters. The van der Waals surface area contributed by atoms with E-state index in [2.05, 4.69) is 52.0 Å². The molecule has 0 aliphatic heterocycles. The minimum absolute atomic E-state index is 0.238. The number of para-hydroxylation sites is 2. The monoisotopic (exact) mass is 583 g/mol. The summed E-state index contributed by atoms with van der Waals surface area (Å²) in [6, 6.07) is 31.0. The Morgan fingerprint density at radius 3 is 1.95 bits per heavy atom. The molecule has 0 aliphatic rings. The fourth-order valence-electron chi connectivity index (χ4n) is 3.49. The maximum Gasteiger partial charge on any atom is 0.250 e. The molecular weight excluding hydrogens is 561 g/mol. The summed E-state index contributed by atoms with van der Waals surface area (Å²) in [5, 5.41) is 10.7. The number of aromatic nitrogens is 3. The first-order valence-electron chi connectivity index (χ1n) is 12.0. The lowest BCUT2D eigenvalue weighted by Crippen LogP contribution is -2.07. The van der Waals surface area contributed by atoms with E-state index in [0.717, 1.165) is 27.0 Å². The zero-order valence-electron chi connectivity index (χ0n) is 20.6. The highest BCUT2D eigenvalue weighted by Gasteiger charge is 2.08. The van der Waals surface area contributed by atoms with Gasteiger partial charge in [-0.15, -0.1) is 0 Å². The van der Waals surface area contributed by atoms with Gasteiger partial charge < -0.3 is 15.4 Å². The number of ether oxygens (including phenoxy) is 1. The zero-order valence-corrected chi connectivity index (χ0v) is 22.1. The predicted octanol–water partition coefficient (Wildman–Crippen LogP) is 7.29. The summed E-state index contributed by atoms with van der Waals surface area (Å²) in [6.45, 7) is 0.284. The van der Waals surface area contributed by atoms with Gasteiger partial charge in [0.1, 0.15) is 18.2 Å². The van der Waals surface area contributed by atoms with Crippen LogP contribution < -0.4 is 20.8 Å². The second-order valence-corrected chi connectivity index (χ2v) is 9.17. The summed E-state index contributed by atoms with van der Waals surface area (Å²) in [7, 11) is 0. The molecule has 1 aromatic heterocycles. The Kier molecular flexibility index (Phi) is 8.35. The standard InChI is InChI=1S/C29H23BrFN7O/c30-22-13-16-26(39-19-20-11-14-23(31)15-12-20)21(17-22)18-32-38-29-36-27(33-24-7-3-1-4-8-24)35-28(37-29)34-25-9-5-2-6-10-25/h1-18H,19H2,(H3,33,34,35,36,37,38)/b32-18-. The summed E-state index contributed by atoms with van der Waals surface area (Å²) >= 11 is 3.49. The highest BCUT2D eigenvalue weighted by atomic mass is 79.9. The van der Waals surface area contributed by atoms with Gasteiger partial charge in [0.05, 0.1) is 6.21 Å². The van der Waals surface area contributed by atoms with E-state index in [1.165, 1.54) is 12.1 Å². The van der Waals surface area contributed by atoms with E-state index in [4.69, 9.17) is 4.74 Å². The lowest BCUT2D eigenvalue weighted by Gasteiger charge is -2.11. The number of nitrogens with one attached hydrogen (secondary N) is 3. The van der Waals surface area contributed by atoms with E-state index in [9.17, 15) is 4.39 Å². The van der Waals surface area contributed by atoms with Crippen molar-refractivity contribution in [3.05, 3.63) is 125 Å². The average molecular weight is 584 g/mol. The van der Waals surface area contributed by atoms with E-state index in [0.29, 0.717) is 17.6 Å². The third-order valence-corrected chi connectivity index (χ3v) is 5.84. The molecule has 0 unspecified atom stereocenters. The van der Waals surface area contributed by atoms with Crippen LogP contribution in [0, 0.1) is 5.82 Å². The molecule has 1 heterocycles. The van der Waals surface area contributed by atoms with Gasteiger partial charge in [0.2, 0.25) is 17.8 Å². The lowest BCUT2D eigenvalue weighted by atomic mass is 10.2. The Balaban J connectivity index is 1.34. The maximum absolute atomic E-state index is 13.2. The molecule has 8 nitrogen and oxygen atoms in total. The van der Waals surface area contributed by atoms with Crippen LogP contribution in [0.1, 0.15) is 11.1 Å². The van der Waals surface area contributed by atoms with E-state index in [-0.39, 0.29) is 18.4 Å². The van der Waals surface area contributed by atoms with Crippen molar-refractivity contribution in [2.24, 2.45) is 5.10 Å². The molecule has 0 aliphatic carbocycles. The van der Waals surface area contributed by atoms with Gasteiger partial charge in [-0.25, -0.2) is 9.82 Å².